The van der Waals surface area contributed by atoms with Gasteiger partial charge >= 0.3 is 0 Å². The Morgan fingerprint density at radius 3 is 1.90 bits per heavy atom. The van der Waals surface area contributed by atoms with Crippen LogP contribution in [-0.2, 0) is 4.79 Å². The molecule has 3 aliphatic carbocycles. The molecular formula is C26H25NO2. The number of amides is 1. The number of anilines is 1. The highest BCUT2D eigenvalue weighted by molar-refractivity contribution is 5.96. The highest BCUT2D eigenvalue weighted by atomic mass is 16.5. The standard InChI is InChI=1S/C26H25NO2/c1-3-16-23-17-10-4-6-12-19(17)24(20-13-7-5-11-18(20)23)25(16)26(28)27-21-14-8-9-15-22(21)29-2/h4-16,23-25H,3H2,1-2H3,(H,27,28)/t16-,23?,24?,25-/m0/s1. The van der Waals surface area contributed by atoms with Crippen molar-refractivity contribution in [2.24, 2.45) is 11.8 Å². The van der Waals surface area contributed by atoms with Gasteiger partial charge in [0.05, 0.1) is 18.7 Å². The van der Waals surface area contributed by atoms with Crippen LogP contribution >= 0.6 is 0 Å². The van der Waals surface area contributed by atoms with E-state index in [0.717, 1.165) is 12.1 Å². The lowest BCUT2D eigenvalue weighted by Gasteiger charge is -2.50. The van der Waals surface area contributed by atoms with Gasteiger partial charge in [0.2, 0.25) is 5.91 Å². The first kappa shape index (κ1) is 18.0. The van der Waals surface area contributed by atoms with E-state index in [1.165, 1.54) is 22.3 Å². The second kappa shape index (κ2) is 7.07. The van der Waals surface area contributed by atoms with Crippen LogP contribution in [0.3, 0.4) is 0 Å². The minimum atomic E-state index is -0.0975. The molecule has 0 aliphatic heterocycles. The Bertz CT molecular complexity index is 1030. The molecule has 3 aromatic rings. The molecule has 3 heteroatoms. The van der Waals surface area contributed by atoms with E-state index >= 15 is 0 Å². The van der Waals surface area contributed by atoms with Crippen LogP contribution in [0.2, 0.25) is 0 Å². The molecule has 0 spiro atoms. The predicted octanol–water partition coefficient (Wildman–Crippen LogP) is 5.57. The van der Waals surface area contributed by atoms with E-state index in [4.69, 9.17) is 4.74 Å². The lowest BCUT2D eigenvalue weighted by atomic mass is 9.53. The van der Waals surface area contributed by atoms with Crippen LogP contribution in [0.5, 0.6) is 5.75 Å². The normalized spacial score (nSPS) is 23.8. The first-order chi connectivity index (χ1) is 14.2. The summed E-state index contributed by atoms with van der Waals surface area (Å²) in [6.07, 6.45) is 0.966. The zero-order valence-corrected chi connectivity index (χ0v) is 16.8. The Labute approximate surface area is 171 Å². The van der Waals surface area contributed by atoms with Crippen molar-refractivity contribution in [1.82, 2.24) is 0 Å². The fraction of sp³-hybridized carbons (Fsp3) is 0.269. The zero-order valence-electron chi connectivity index (χ0n) is 16.8. The predicted molar refractivity (Wildman–Crippen MR) is 115 cm³/mol. The molecule has 0 radical (unpaired) electrons. The number of fused-ring (bicyclic) bond motifs is 1. The highest BCUT2D eigenvalue weighted by Gasteiger charge is 2.51. The minimum Gasteiger partial charge on any atom is -0.495 e. The molecular weight excluding hydrogens is 358 g/mol. The van der Waals surface area contributed by atoms with Gasteiger partial charge in [0.25, 0.3) is 0 Å². The molecule has 1 amide bonds. The molecule has 3 aromatic carbocycles. The molecule has 29 heavy (non-hydrogen) atoms. The van der Waals surface area contributed by atoms with Crippen LogP contribution in [0.4, 0.5) is 5.69 Å². The fourth-order valence-corrected chi connectivity index (χ4v) is 5.59. The van der Waals surface area contributed by atoms with Gasteiger partial charge in [-0.3, -0.25) is 4.79 Å². The van der Waals surface area contributed by atoms with E-state index in [1.54, 1.807) is 7.11 Å². The lowest BCUT2D eigenvalue weighted by Crippen LogP contribution is -2.45. The van der Waals surface area contributed by atoms with Gasteiger partial charge in [-0.15, -0.1) is 0 Å². The van der Waals surface area contributed by atoms with Crippen LogP contribution in [0.1, 0.15) is 47.4 Å². The number of benzene rings is 3. The third kappa shape index (κ3) is 2.68. The Morgan fingerprint density at radius 1 is 0.828 bits per heavy atom. The molecule has 0 unspecified atom stereocenters. The minimum absolute atomic E-state index is 0.0837. The second-order valence-electron chi connectivity index (χ2n) is 8.00. The van der Waals surface area contributed by atoms with Crippen molar-refractivity contribution in [2.75, 3.05) is 12.4 Å². The van der Waals surface area contributed by atoms with E-state index in [1.807, 2.05) is 24.3 Å². The number of hydrogen-bond donors (Lipinski definition) is 1. The molecule has 3 nitrogen and oxygen atoms in total. The largest absolute Gasteiger partial charge is 0.495 e. The quantitative estimate of drug-likeness (QED) is 0.640. The van der Waals surface area contributed by atoms with Crippen molar-refractivity contribution in [1.29, 1.82) is 0 Å². The SMILES string of the molecule is CC[C@H]1C2c3ccccc3C(c3ccccc32)[C@H]1C(=O)Nc1ccccc1OC. The van der Waals surface area contributed by atoms with Gasteiger partial charge in [-0.2, -0.15) is 0 Å². The summed E-state index contributed by atoms with van der Waals surface area (Å²) >= 11 is 0. The van der Waals surface area contributed by atoms with E-state index in [-0.39, 0.29) is 29.6 Å². The van der Waals surface area contributed by atoms with Crippen LogP contribution in [0, 0.1) is 11.8 Å². The Hall–Kier alpha value is -3.07. The summed E-state index contributed by atoms with van der Waals surface area (Å²) in [4.78, 5) is 13.6. The van der Waals surface area contributed by atoms with E-state index < -0.39 is 0 Å². The van der Waals surface area contributed by atoms with Gasteiger partial charge in [0.15, 0.2) is 0 Å². The van der Waals surface area contributed by atoms with Crippen molar-refractivity contribution >= 4 is 11.6 Å². The molecule has 2 bridgehead atoms. The van der Waals surface area contributed by atoms with Crippen LogP contribution in [0.15, 0.2) is 72.8 Å². The van der Waals surface area contributed by atoms with Gasteiger partial charge in [-0.05, 0) is 40.3 Å². The molecule has 0 heterocycles. The molecule has 0 fully saturated rings. The molecule has 0 aromatic heterocycles. The fourth-order valence-electron chi connectivity index (χ4n) is 5.59. The van der Waals surface area contributed by atoms with Crippen molar-refractivity contribution in [3.63, 3.8) is 0 Å². The van der Waals surface area contributed by atoms with Crippen molar-refractivity contribution in [3.05, 3.63) is 95.1 Å². The number of carbonyl (C=O) groups is 1. The molecule has 6 rings (SSSR count). The summed E-state index contributed by atoms with van der Waals surface area (Å²) in [5.41, 5.74) is 6.13. The first-order valence-corrected chi connectivity index (χ1v) is 10.4. The monoisotopic (exact) mass is 383 g/mol. The summed E-state index contributed by atoms with van der Waals surface area (Å²) < 4.78 is 5.45. The number of hydrogen-bond acceptors (Lipinski definition) is 2. The average Bonchev–Trinajstić information content (AvgIpc) is 2.78. The van der Waals surface area contributed by atoms with Crippen molar-refractivity contribution in [2.45, 2.75) is 25.2 Å². The second-order valence-corrected chi connectivity index (χ2v) is 8.00. The smallest absolute Gasteiger partial charge is 0.228 e. The first-order valence-electron chi connectivity index (χ1n) is 10.4. The maximum absolute atomic E-state index is 13.6. The van der Waals surface area contributed by atoms with E-state index in [2.05, 4.69) is 60.8 Å². The van der Waals surface area contributed by atoms with Gasteiger partial charge in [-0.1, -0.05) is 74.0 Å². The summed E-state index contributed by atoms with van der Waals surface area (Å²) in [7, 11) is 1.63. The van der Waals surface area contributed by atoms with Crippen LogP contribution in [0.25, 0.3) is 0 Å². The summed E-state index contributed by atoms with van der Waals surface area (Å²) in [6, 6.07) is 25.0. The topological polar surface area (TPSA) is 38.3 Å². The van der Waals surface area contributed by atoms with Crippen molar-refractivity contribution in [3.8, 4) is 5.75 Å². The zero-order chi connectivity index (χ0) is 20.0. The van der Waals surface area contributed by atoms with Gasteiger partial charge in [0.1, 0.15) is 5.75 Å². The summed E-state index contributed by atoms with van der Waals surface area (Å²) in [6.45, 7) is 2.21. The Kier molecular flexibility index (Phi) is 4.39. The molecule has 0 saturated carbocycles. The highest BCUT2D eigenvalue weighted by Crippen LogP contribution is 2.59. The molecule has 1 N–H and O–H groups in total. The van der Waals surface area contributed by atoms with E-state index in [9.17, 15) is 4.79 Å². The molecule has 3 aliphatic rings. The van der Waals surface area contributed by atoms with E-state index in [0.29, 0.717) is 5.75 Å². The number of ether oxygens (including phenoxy) is 1. The van der Waals surface area contributed by atoms with Crippen molar-refractivity contribution < 1.29 is 9.53 Å². The third-order valence-electron chi connectivity index (χ3n) is 6.72. The lowest BCUT2D eigenvalue weighted by molar-refractivity contribution is -0.122. The molecule has 146 valence electrons. The number of para-hydroxylation sites is 2. The molecule has 2 atom stereocenters. The average molecular weight is 383 g/mol. The molecule has 0 saturated heterocycles. The number of nitrogens with one attached hydrogen (secondary N) is 1. The van der Waals surface area contributed by atoms with Crippen LogP contribution in [-0.4, -0.2) is 13.0 Å². The Balaban J connectivity index is 1.61. The maximum atomic E-state index is 13.6. The van der Waals surface area contributed by atoms with Gasteiger partial charge in [0, 0.05) is 11.8 Å². The van der Waals surface area contributed by atoms with Gasteiger partial charge < -0.3 is 10.1 Å². The van der Waals surface area contributed by atoms with Gasteiger partial charge in [-0.25, -0.2) is 0 Å². The number of rotatable bonds is 4. The third-order valence-corrected chi connectivity index (χ3v) is 6.72. The summed E-state index contributed by atoms with van der Waals surface area (Å²) in [5.74, 6) is 1.31. The maximum Gasteiger partial charge on any atom is 0.228 e. The number of carbonyl (C=O) groups excluding carboxylic acids is 1. The number of methoxy groups -OCH3 is 1. The van der Waals surface area contributed by atoms with Crippen LogP contribution < -0.4 is 10.1 Å². The Morgan fingerprint density at radius 2 is 1.34 bits per heavy atom. The summed E-state index contributed by atoms with van der Waals surface area (Å²) in [5, 5.41) is 3.18.